The number of carbonyl (C=O) groups is 1. The lowest BCUT2D eigenvalue weighted by Gasteiger charge is -2.11. The van der Waals surface area contributed by atoms with E-state index in [9.17, 15) is 4.79 Å². The number of rotatable bonds is 5. The van der Waals surface area contributed by atoms with Crippen molar-refractivity contribution >= 4 is 51.3 Å². The first kappa shape index (κ1) is 18.8. The third-order valence-electron chi connectivity index (χ3n) is 3.12. The maximum Gasteiger partial charge on any atom is 0.277 e. The van der Waals surface area contributed by atoms with Gasteiger partial charge in [-0.3, -0.25) is 4.79 Å². The number of ether oxygens (including phenoxy) is 1. The Labute approximate surface area is 158 Å². The molecule has 0 heterocycles. The second-order valence-corrected chi connectivity index (χ2v) is 6.85. The van der Waals surface area contributed by atoms with Gasteiger partial charge >= 0.3 is 0 Å². The molecule has 2 aromatic rings. The molecule has 0 aliphatic heterocycles. The van der Waals surface area contributed by atoms with Crippen LogP contribution in [-0.2, 0) is 4.79 Å². The zero-order chi connectivity index (χ0) is 17.7. The molecule has 1 amide bonds. The average Bonchev–Trinajstić information content (AvgIpc) is 2.49. The molecule has 0 atom stereocenters. The van der Waals surface area contributed by atoms with Crippen molar-refractivity contribution in [3.05, 3.63) is 61.5 Å². The highest BCUT2D eigenvalue weighted by Crippen LogP contribution is 2.27. The van der Waals surface area contributed by atoms with Crippen molar-refractivity contribution in [3.8, 4) is 5.75 Å². The average molecular weight is 430 g/mol. The van der Waals surface area contributed by atoms with E-state index < -0.39 is 0 Å². The van der Waals surface area contributed by atoms with Gasteiger partial charge in [0.05, 0.1) is 16.3 Å². The van der Waals surface area contributed by atoms with Gasteiger partial charge in [0, 0.05) is 4.47 Å². The van der Waals surface area contributed by atoms with E-state index in [4.69, 9.17) is 27.9 Å². The highest BCUT2D eigenvalue weighted by Gasteiger charge is 2.08. The molecule has 0 aromatic heterocycles. The standard InChI is InChI=1S/C17H15BrCl2N2O2/c1-10-5-13(18)6-11(2)17(10)24-9-16(23)22-21-8-12-3-4-14(19)15(20)7-12/h3-8H,9H2,1-2H3,(H,22,23)/b21-8+. The van der Waals surface area contributed by atoms with Crippen LogP contribution < -0.4 is 10.2 Å². The molecule has 4 nitrogen and oxygen atoms in total. The van der Waals surface area contributed by atoms with Crippen molar-refractivity contribution < 1.29 is 9.53 Å². The van der Waals surface area contributed by atoms with Crippen LogP contribution in [0.5, 0.6) is 5.75 Å². The van der Waals surface area contributed by atoms with Crippen molar-refractivity contribution in [2.24, 2.45) is 5.10 Å². The van der Waals surface area contributed by atoms with E-state index in [-0.39, 0.29) is 12.5 Å². The number of nitrogens with one attached hydrogen (secondary N) is 1. The summed E-state index contributed by atoms with van der Waals surface area (Å²) in [5.41, 5.74) is 5.04. The molecule has 2 aromatic carbocycles. The molecule has 0 saturated carbocycles. The summed E-state index contributed by atoms with van der Waals surface area (Å²) in [7, 11) is 0. The smallest absolute Gasteiger partial charge is 0.277 e. The van der Waals surface area contributed by atoms with Gasteiger partial charge in [-0.15, -0.1) is 0 Å². The van der Waals surface area contributed by atoms with Gasteiger partial charge in [0.2, 0.25) is 0 Å². The van der Waals surface area contributed by atoms with Gasteiger partial charge in [-0.05, 0) is 54.8 Å². The summed E-state index contributed by atoms with van der Waals surface area (Å²) >= 11 is 15.2. The number of aryl methyl sites for hydroxylation is 2. The third kappa shape index (κ3) is 5.23. The Balaban J connectivity index is 1.90. The molecule has 0 aliphatic rings. The number of nitrogens with zero attached hydrogens (tertiary/aromatic N) is 1. The summed E-state index contributed by atoms with van der Waals surface area (Å²) in [6.07, 6.45) is 1.48. The fourth-order valence-electron chi connectivity index (χ4n) is 2.07. The first-order valence-electron chi connectivity index (χ1n) is 7.03. The van der Waals surface area contributed by atoms with Gasteiger partial charge in [0.15, 0.2) is 6.61 Å². The van der Waals surface area contributed by atoms with Gasteiger partial charge in [-0.2, -0.15) is 5.10 Å². The summed E-state index contributed by atoms with van der Waals surface area (Å²) in [6.45, 7) is 3.73. The minimum absolute atomic E-state index is 0.123. The van der Waals surface area contributed by atoms with E-state index in [0.717, 1.165) is 21.2 Å². The molecule has 126 valence electrons. The van der Waals surface area contributed by atoms with E-state index in [1.165, 1.54) is 6.21 Å². The third-order valence-corrected chi connectivity index (χ3v) is 4.32. The van der Waals surface area contributed by atoms with Gasteiger partial charge < -0.3 is 4.74 Å². The molecule has 2 rings (SSSR count). The summed E-state index contributed by atoms with van der Waals surface area (Å²) in [6, 6.07) is 8.93. The Bertz CT molecular complexity index is 771. The molecule has 0 fully saturated rings. The topological polar surface area (TPSA) is 50.7 Å². The van der Waals surface area contributed by atoms with Crippen molar-refractivity contribution in [1.82, 2.24) is 5.43 Å². The van der Waals surface area contributed by atoms with E-state index in [2.05, 4.69) is 26.5 Å². The second-order valence-electron chi connectivity index (χ2n) is 5.12. The molecular weight excluding hydrogens is 415 g/mol. The van der Waals surface area contributed by atoms with Crippen LogP contribution in [0.15, 0.2) is 39.9 Å². The minimum atomic E-state index is -0.354. The van der Waals surface area contributed by atoms with Crippen molar-refractivity contribution in [2.45, 2.75) is 13.8 Å². The fraction of sp³-hybridized carbons (Fsp3) is 0.176. The Hall–Kier alpha value is -1.56. The zero-order valence-electron chi connectivity index (χ0n) is 13.1. The predicted molar refractivity (Wildman–Crippen MR) is 101 cm³/mol. The lowest BCUT2D eigenvalue weighted by molar-refractivity contribution is -0.123. The number of amides is 1. The van der Waals surface area contributed by atoms with Crippen molar-refractivity contribution in [3.63, 3.8) is 0 Å². The summed E-state index contributed by atoms with van der Waals surface area (Å²) < 4.78 is 6.55. The number of hydrazone groups is 1. The van der Waals surface area contributed by atoms with Crippen LogP contribution in [0.2, 0.25) is 10.0 Å². The molecule has 1 N–H and O–H groups in total. The maximum atomic E-state index is 11.8. The van der Waals surface area contributed by atoms with Gasteiger partial charge in [0.1, 0.15) is 5.75 Å². The first-order chi connectivity index (χ1) is 11.4. The molecular formula is C17H15BrCl2N2O2. The van der Waals surface area contributed by atoms with E-state index >= 15 is 0 Å². The van der Waals surface area contributed by atoms with E-state index in [0.29, 0.717) is 15.8 Å². The Morgan fingerprint density at radius 3 is 2.50 bits per heavy atom. The molecule has 0 spiro atoms. The van der Waals surface area contributed by atoms with Crippen LogP contribution in [0.3, 0.4) is 0 Å². The predicted octanol–water partition coefficient (Wildman–Crippen LogP) is 4.90. The van der Waals surface area contributed by atoms with E-state index in [1.54, 1.807) is 18.2 Å². The Kier molecular flexibility index (Phi) is 6.66. The molecule has 0 bridgehead atoms. The summed E-state index contributed by atoms with van der Waals surface area (Å²) in [4.78, 5) is 11.8. The Morgan fingerprint density at radius 1 is 1.21 bits per heavy atom. The number of hydrogen-bond donors (Lipinski definition) is 1. The second kappa shape index (κ2) is 8.51. The molecule has 0 saturated heterocycles. The van der Waals surface area contributed by atoms with Gasteiger partial charge in [-0.1, -0.05) is 45.2 Å². The number of carbonyl (C=O) groups excluding carboxylic acids is 1. The minimum Gasteiger partial charge on any atom is -0.483 e. The van der Waals surface area contributed by atoms with Gasteiger partial charge in [-0.25, -0.2) is 5.43 Å². The monoisotopic (exact) mass is 428 g/mol. The maximum absolute atomic E-state index is 11.8. The highest BCUT2D eigenvalue weighted by atomic mass is 79.9. The molecule has 7 heteroatoms. The fourth-order valence-corrected chi connectivity index (χ4v) is 3.06. The molecule has 0 radical (unpaired) electrons. The SMILES string of the molecule is Cc1cc(Br)cc(C)c1OCC(=O)N/N=C/c1ccc(Cl)c(Cl)c1. The van der Waals surface area contributed by atoms with E-state index in [1.807, 2.05) is 26.0 Å². The highest BCUT2D eigenvalue weighted by molar-refractivity contribution is 9.10. The first-order valence-corrected chi connectivity index (χ1v) is 8.58. The lowest BCUT2D eigenvalue weighted by atomic mass is 10.1. The van der Waals surface area contributed by atoms with Crippen LogP contribution in [0.1, 0.15) is 16.7 Å². The van der Waals surface area contributed by atoms with Crippen LogP contribution in [0.25, 0.3) is 0 Å². The number of halogens is 3. The van der Waals surface area contributed by atoms with Crippen molar-refractivity contribution in [2.75, 3.05) is 6.61 Å². The quantitative estimate of drug-likeness (QED) is 0.542. The zero-order valence-corrected chi connectivity index (χ0v) is 16.2. The van der Waals surface area contributed by atoms with Crippen LogP contribution >= 0.6 is 39.1 Å². The number of hydrogen-bond acceptors (Lipinski definition) is 3. The van der Waals surface area contributed by atoms with Crippen LogP contribution in [0, 0.1) is 13.8 Å². The summed E-state index contributed by atoms with van der Waals surface area (Å²) in [5, 5.41) is 4.76. The molecule has 0 unspecified atom stereocenters. The Morgan fingerprint density at radius 2 is 1.88 bits per heavy atom. The largest absolute Gasteiger partial charge is 0.483 e. The number of benzene rings is 2. The van der Waals surface area contributed by atoms with Crippen molar-refractivity contribution in [1.29, 1.82) is 0 Å². The molecule has 24 heavy (non-hydrogen) atoms. The molecule has 0 aliphatic carbocycles. The summed E-state index contributed by atoms with van der Waals surface area (Å²) in [5.74, 6) is 0.342. The lowest BCUT2D eigenvalue weighted by Crippen LogP contribution is -2.25. The normalized spacial score (nSPS) is 10.9. The van der Waals surface area contributed by atoms with Crippen LogP contribution in [-0.4, -0.2) is 18.7 Å². The van der Waals surface area contributed by atoms with Crippen LogP contribution in [0.4, 0.5) is 0 Å². The van der Waals surface area contributed by atoms with Gasteiger partial charge in [0.25, 0.3) is 5.91 Å².